The Bertz CT molecular complexity index is 288. The van der Waals surface area contributed by atoms with Crippen molar-refractivity contribution in [2.24, 2.45) is 11.8 Å². The Hall–Kier alpha value is -0.450. The number of hydrogen-bond acceptors (Lipinski definition) is 1. The third-order valence-electron chi connectivity index (χ3n) is 3.79. The van der Waals surface area contributed by atoms with Gasteiger partial charge >= 0.3 is 6.18 Å². The van der Waals surface area contributed by atoms with Crippen molar-refractivity contribution in [2.45, 2.75) is 45.2 Å². The molecule has 0 bridgehead atoms. The van der Waals surface area contributed by atoms with Crippen LogP contribution >= 0.6 is 11.6 Å². The van der Waals surface area contributed by atoms with Gasteiger partial charge in [-0.3, -0.25) is 4.79 Å². The zero-order valence-corrected chi connectivity index (χ0v) is 11.9. The van der Waals surface area contributed by atoms with Crippen molar-refractivity contribution >= 4 is 17.5 Å². The van der Waals surface area contributed by atoms with E-state index in [1.807, 2.05) is 6.92 Å². The maximum Gasteiger partial charge on any atom is 0.391 e. The molecule has 1 aliphatic carbocycles. The van der Waals surface area contributed by atoms with Gasteiger partial charge in [-0.15, -0.1) is 11.6 Å². The smallest absolute Gasteiger partial charge is 0.343 e. The monoisotopic (exact) mass is 299 g/mol. The molecule has 1 aliphatic rings. The molecule has 2 nitrogen and oxygen atoms in total. The van der Waals surface area contributed by atoms with E-state index in [-0.39, 0.29) is 24.7 Å². The molecule has 19 heavy (non-hydrogen) atoms. The van der Waals surface area contributed by atoms with Gasteiger partial charge in [-0.05, 0) is 39.0 Å². The lowest BCUT2D eigenvalue weighted by atomic mass is 9.81. The first-order valence-corrected chi connectivity index (χ1v) is 7.35. The average molecular weight is 300 g/mol. The minimum Gasteiger partial charge on any atom is -0.343 e. The van der Waals surface area contributed by atoms with Crippen molar-refractivity contribution < 1.29 is 18.0 Å². The van der Waals surface area contributed by atoms with E-state index in [9.17, 15) is 18.0 Å². The number of halogens is 4. The molecule has 0 aromatic carbocycles. The number of carbonyl (C=O) groups excluding carboxylic acids is 1. The first-order chi connectivity index (χ1) is 8.90. The number of carbonyl (C=O) groups is 1. The fourth-order valence-corrected chi connectivity index (χ4v) is 2.72. The highest BCUT2D eigenvalue weighted by molar-refractivity contribution is 6.17. The Kier molecular flexibility index (Phi) is 6.43. The average Bonchev–Trinajstić information content (AvgIpc) is 2.38. The molecule has 0 saturated heterocycles. The first kappa shape index (κ1) is 16.6. The van der Waals surface area contributed by atoms with Gasteiger partial charge in [0, 0.05) is 24.9 Å². The van der Waals surface area contributed by atoms with E-state index in [0.29, 0.717) is 31.8 Å². The molecule has 112 valence electrons. The normalized spacial score (nSPS) is 24.3. The van der Waals surface area contributed by atoms with E-state index in [0.717, 1.165) is 6.42 Å². The predicted molar refractivity (Wildman–Crippen MR) is 69.1 cm³/mol. The molecule has 0 unspecified atom stereocenters. The molecule has 6 heteroatoms. The molecule has 0 aromatic heterocycles. The van der Waals surface area contributed by atoms with Gasteiger partial charge in [-0.2, -0.15) is 13.2 Å². The van der Waals surface area contributed by atoms with E-state index in [2.05, 4.69) is 0 Å². The number of rotatable bonds is 5. The topological polar surface area (TPSA) is 20.3 Å². The van der Waals surface area contributed by atoms with Crippen molar-refractivity contribution in [2.75, 3.05) is 19.0 Å². The quantitative estimate of drug-likeness (QED) is 0.707. The highest BCUT2D eigenvalue weighted by Gasteiger charge is 2.42. The van der Waals surface area contributed by atoms with Gasteiger partial charge in [-0.25, -0.2) is 0 Å². The molecule has 0 aromatic rings. The van der Waals surface area contributed by atoms with Crippen molar-refractivity contribution in [1.29, 1.82) is 0 Å². The van der Waals surface area contributed by atoms with Crippen LogP contribution in [0.15, 0.2) is 0 Å². The molecule has 0 N–H and O–H groups in total. The third kappa shape index (κ3) is 4.86. The minimum absolute atomic E-state index is 0.00626. The van der Waals surface area contributed by atoms with Gasteiger partial charge in [-0.1, -0.05) is 0 Å². The van der Waals surface area contributed by atoms with Crippen LogP contribution in [0.2, 0.25) is 0 Å². The van der Waals surface area contributed by atoms with Crippen LogP contribution in [0.5, 0.6) is 0 Å². The van der Waals surface area contributed by atoms with E-state index in [1.165, 1.54) is 0 Å². The van der Waals surface area contributed by atoms with Crippen LogP contribution in [0.25, 0.3) is 0 Å². The Morgan fingerprint density at radius 1 is 1.26 bits per heavy atom. The van der Waals surface area contributed by atoms with E-state index in [4.69, 9.17) is 11.6 Å². The molecule has 0 aliphatic heterocycles. The molecular weight excluding hydrogens is 279 g/mol. The van der Waals surface area contributed by atoms with Crippen LogP contribution in [0.1, 0.15) is 39.0 Å². The second kappa shape index (κ2) is 7.36. The lowest BCUT2D eigenvalue weighted by Crippen LogP contribution is -2.39. The number of hydrogen-bond donors (Lipinski definition) is 0. The van der Waals surface area contributed by atoms with Crippen LogP contribution in [0.3, 0.4) is 0 Å². The maximum absolute atomic E-state index is 12.6. The zero-order valence-electron chi connectivity index (χ0n) is 11.2. The molecular formula is C13H21ClF3NO. The lowest BCUT2D eigenvalue weighted by Gasteiger charge is -2.32. The summed E-state index contributed by atoms with van der Waals surface area (Å²) in [5.74, 6) is -0.985. The van der Waals surface area contributed by atoms with E-state index < -0.39 is 12.1 Å². The fraction of sp³-hybridized carbons (Fsp3) is 0.923. The molecule has 0 atom stereocenters. The van der Waals surface area contributed by atoms with Gasteiger partial charge < -0.3 is 4.90 Å². The zero-order chi connectivity index (χ0) is 14.5. The maximum atomic E-state index is 12.6. The molecule has 1 amide bonds. The highest BCUT2D eigenvalue weighted by Crippen LogP contribution is 2.39. The van der Waals surface area contributed by atoms with Gasteiger partial charge in [0.2, 0.25) is 5.91 Å². The summed E-state index contributed by atoms with van der Waals surface area (Å²) in [6.45, 7) is 3.07. The molecule has 0 heterocycles. The van der Waals surface area contributed by atoms with Crippen LogP contribution in [-0.2, 0) is 4.79 Å². The number of alkyl halides is 4. The summed E-state index contributed by atoms with van der Waals surface area (Å²) in [5.41, 5.74) is 0. The lowest BCUT2D eigenvalue weighted by molar-refractivity contribution is -0.185. The fourth-order valence-electron chi connectivity index (χ4n) is 2.60. The van der Waals surface area contributed by atoms with Crippen LogP contribution < -0.4 is 0 Å². The number of amides is 1. The summed E-state index contributed by atoms with van der Waals surface area (Å²) in [7, 11) is 0. The van der Waals surface area contributed by atoms with Crippen molar-refractivity contribution in [3.63, 3.8) is 0 Å². The van der Waals surface area contributed by atoms with Gasteiger partial charge in [0.15, 0.2) is 0 Å². The molecule has 1 saturated carbocycles. The molecule has 0 spiro atoms. The van der Waals surface area contributed by atoms with Crippen molar-refractivity contribution in [3.05, 3.63) is 0 Å². The highest BCUT2D eigenvalue weighted by atomic mass is 35.5. The summed E-state index contributed by atoms with van der Waals surface area (Å²) in [4.78, 5) is 13.9. The molecule has 0 radical (unpaired) electrons. The second-order valence-corrected chi connectivity index (χ2v) is 5.43. The Morgan fingerprint density at radius 3 is 2.26 bits per heavy atom. The predicted octanol–water partition coefficient (Wildman–Crippen LogP) is 3.83. The van der Waals surface area contributed by atoms with Gasteiger partial charge in [0.05, 0.1) is 5.92 Å². The van der Waals surface area contributed by atoms with E-state index >= 15 is 0 Å². The number of nitrogens with zero attached hydrogens (tertiary/aromatic N) is 1. The summed E-state index contributed by atoms with van der Waals surface area (Å²) in [5, 5.41) is 0. The van der Waals surface area contributed by atoms with E-state index in [1.54, 1.807) is 4.90 Å². The standard InChI is InChI=1S/C13H21ClF3NO/c1-2-18(9-3-8-14)12(19)10-4-6-11(7-5-10)13(15,16)17/h10-11H,2-9H2,1H3. The SMILES string of the molecule is CCN(CCCCl)C(=O)C1CCC(C(F)(F)F)CC1. The first-order valence-electron chi connectivity index (χ1n) is 6.81. The van der Waals surface area contributed by atoms with Crippen LogP contribution in [-0.4, -0.2) is 36.0 Å². The molecule has 1 fully saturated rings. The summed E-state index contributed by atoms with van der Waals surface area (Å²) < 4.78 is 37.7. The van der Waals surface area contributed by atoms with Crippen LogP contribution in [0, 0.1) is 11.8 Å². The summed E-state index contributed by atoms with van der Waals surface area (Å²) >= 11 is 5.60. The Labute approximate surface area is 117 Å². The Morgan fingerprint density at radius 2 is 1.84 bits per heavy atom. The Balaban J connectivity index is 2.47. The summed E-state index contributed by atoms with van der Waals surface area (Å²) in [6, 6.07) is 0. The van der Waals surface area contributed by atoms with Crippen molar-refractivity contribution in [3.8, 4) is 0 Å². The van der Waals surface area contributed by atoms with Gasteiger partial charge in [0.1, 0.15) is 0 Å². The van der Waals surface area contributed by atoms with Crippen LogP contribution in [0.4, 0.5) is 13.2 Å². The second-order valence-electron chi connectivity index (χ2n) is 5.05. The molecule has 1 rings (SSSR count). The summed E-state index contributed by atoms with van der Waals surface area (Å²) in [6.07, 6.45) is -2.54. The minimum atomic E-state index is -4.11. The third-order valence-corrected chi connectivity index (χ3v) is 4.06. The van der Waals surface area contributed by atoms with Crippen molar-refractivity contribution in [1.82, 2.24) is 4.90 Å². The largest absolute Gasteiger partial charge is 0.391 e. The van der Waals surface area contributed by atoms with Gasteiger partial charge in [0.25, 0.3) is 0 Å².